The number of anilines is 2. The second-order valence-corrected chi connectivity index (χ2v) is 9.97. The number of aliphatic imine (C=N–C) groups is 1. The highest BCUT2D eigenvalue weighted by Gasteiger charge is 2.36. The molecule has 1 aliphatic rings. The van der Waals surface area contributed by atoms with Gasteiger partial charge in [0, 0.05) is 36.3 Å². The number of imide groups is 1. The summed E-state index contributed by atoms with van der Waals surface area (Å²) in [6.45, 7) is 15.0. The van der Waals surface area contributed by atoms with Crippen molar-refractivity contribution < 1.29 is 14.4 Å². The summed E-state index contributed by atoms with van der Waals surface area (Å²) in [7, 11) is 0. The summed E-state index contributed by atoms with van der Waals surface area (Å²) in [6.07, 6.45) is 3.60. The Morgan fingerprint density at radius 1 is 1.08 bits per heavy atom. The Bertz CT molecular complexity index is 1100. The highest BCUT2D eigenvalue weighted by Crippen LogP contribution is 2.33. The van der Waals surface area contributed by atoms with Gasteiger partial charge in [-0.15, -0.1) is 0 Å². The molecule has 1 N–H and O–H groups in total. The van der Waals surface area contributed by atoms with E-state index in [-0.39, 0.29) is 29.3 Å². The predicted molar refractivity (Wildman–Crippen MR) is 144 cm³/mol. The molecule has 0 saturated heterocycles. The van der Waals surface area contributed by atoms with Crippen molar-refractivity contribution in [2.45, 2.75) is 74.1 Å². The summed E-state index contributed by atoms with van der Waals surface area (Å²) in [5.74, 6) is -1.28. The fourth-order valence-electron chi connectivity index (χ4n) is 3.89. The molecular formula is C28H39N5O3. The monoisotopic (exact) mass is 493 g/mol. The Kier molecular flexibility index (Phi) is 9.97. The maximum atomic E-state index is 13.4. The fourth-order valence-corrected chi connectivity index (χ4v) is 3.89. The first-order valence-corrected chi connectivity index (χ1v) is 12.8. The minimum absolute atomic E-state index is 0.0449. The number of rotatable bonds is 10. The summed E-state index contributed by atoms with van der Waals surface area (Å²) in [5.41, 5.74) is 1.36. The molecular weight excluding hydrogens is 454 g/mol. The van der Waals surface area contributed by atoms with Crippen LogP contribution in [0.5, 0.6) is 0 Å². The predicted octanol–water partition coefficient (Wildman–Crippen LogP) is 5.38. The first-order chi connectivity index (χ1) is 17.0. The fraction of sp³-hybridized carbons (Fsp3) is 0.536. The van der Waals surface area contributed by atoms with Gasteiger partial charge in [-0.2, -0.15) is 5.26 Å². The second kappa shape index (κ2) is 12.5. The average Bonchev–Trinajstić information content (AvgIpc) is 2.83. The zero-order valence-electron chi connectivity index (χ0n) is 22.7. The SMILES string of the molecule is CCCCCCN1C(=O)C(=Nc2ccc(N(CC)CC)cc2NC(=O)C(C)(C)C)C(C)=C(C#N)C1=O. The lowest BCUT2D eigenvalue weighted by Crippen LogP contribution is -2.47. The van der Waals surface area contributed by atoms with Gasteiger partial charge in [-0.05, 0) is 45.4 Å². The minimum atomic E-state index is -0.637. The van der Waals surface area contributed by atoms with E-state index in [4.69, 9.17) is 0 Å². The molecule has 36 heavy (non-hydrogen) atoms. The molecule has 0 spiro atoms. The lowest BCUT2D eigenvalue weighted by Gasteiger charge is -2.27. The van der Waals surface area contributed by atoms with Crippen molar-refractivity contribution in [1.29, 1.82) is 5.26 Å². The van der Waals surface area contributed by atoms with Crippen molar-refractivity contribution >= 4 is 40.5 Å². The lowest BCUT2D eigenvalue weighted by atomic mass is 9.95. The minimum Gasteiger partial charge on any atom is -0.372 e. The van der Waals surface area contributed by atoms with E-state index in [0.717, 1.165) is 42.9 Å². The van der Waals surface area contributed by atoms with Crippen molar-refractivity contribution in [3.05, 3.63) is 29.3 Å². The van der Waals surface area contributed by atoms with E-state index in [1.165, 1.54) is 0 Å². The molecule has 0 bridgehead atoms. The van der Waals surface area contributed by atoms with Gasteiger partial charge in [0.05, 0.1) is 11.4 Å². The summed E-state index contributed by atoms with van der Waals surface area (Å²) in [6, 6.07) is 7.46. The van der Waals surface area contributed by atoms with Crippen LogP contribution in [-0.4, -0.2) is 48.0 Å². The number of amides is 3. The molecule has 0 unspecified atom stereocenters. The number of hydrogen-bond donors (Lipinski definition) is 1. The molecule has 0 aliphatic carbocycles. The molecule has 2 rings (SSSR count). The number of nitrogens with zero attached hydrogens (tertiary/aromatic N) is 4. The molecule has 0 saturated carbocycles. The third kappa shape index (κ3) is 6.60. The molecule has 1 aliphatic heterocycles. The highest BCUT2D eigenvalue weighted by molar-refractivity contribution is 6.51. The van der Waals surface area contributed by atoms with E-state index in [0.29, 0.717) is 17.8 Å². The molecule has 1 heterocycles. The van der Waals surface area contributed by atoms with E-state index < -0.39 is 17.2 Å². The van der Waals surface area contributed by atoms with Gasteiger partial charge in [0.25, 0.3) is 11.8 Å². The maximum Gasteiger partial charge on any atom is 0.279 e. The smallest absolute Gasteiger partial charge is 0.279 e. The van der Waals surface area contributed by atoms with Crippen LogP contribution in [0, 0.1) is 16.7 Å². The molecule has 3 amide bonds. The van der Waals surface area contributed by atoms with Crippen LogP contribution in [0.4, 0.5) is 17.1 Å². The van der Waals surface area contributed by atoms with Gasteiger partial charge >= 0.3 is 0 Å². The van der Waals surface area contributed by atoms with Crippen LogP contribution < -0.4 is 10.2 Å². The normalized spacial score (nSPS) is 15.4. The van der Waals surface area contributed by atoms with Gasteiger partial charge < -0.3 is 10.2 Å². The molecule has 1 aromatic carbocycles. The van der Waals surface area contributed by atoms with Crippen LogP contribution in [-0.2, 0) is 14.4 Å². The number of carbonyl (C=O) groups is 3. The average molecular weight is 494 g/mol. The first-order valence-electron chi connectivity index (χ1n) is 12.8. The number of benzene rings is 1. The van der Waals surface area contributed by atoms with E-state index in [1.54, 1.807) is 13.0 Å². The number of carbonyl (C=O) groups excluding carboxylic acids is 3. The Hall–Kier alpha value is -3.47. The van der Waals surface area contributed by atoms with Crippen LogP contribution in [0.15, 0.2) is 34.3 Å². The van der Waals surface area contributed by atoms with Crippen molar-refractivity contribution in [1.82, 2.24) is 4.90 Å². The van der Waals surface area contributed by atoms with Gasteiger partial charge in [0.15, 0.2) is 0 Å². The zero-order valence-corrected chi connectivity index (χ0v) is 22.7. The summed E-state index contributed by atoms with van der Waals surface area (Å²) in [5, 5.41) is 12.6. The molecule has 8 heteroatoms. The first kappa shape index (κ1) is 28.8. The van der Waals surface area contributed by atoms with Crippen molar-refractivity contribution in [3.8, 4) is 6.07 Å². The van der Waals surface area contributed by atoms with Gasteiger partial charge in [-0.3, -0.25) is 19.3 Å². The van der Waals surface area contributed by atoms with E-state index in [9.17, 15) is 19.6 Å². The van der Waals surface area contributed by atoms with Crippen LogP contribution in [0.25, 0.3) is 0 Å². The summed E-state index contributed by atoms with van der Waals surface area (Å²) < 4.78 is 0. The second-order valence-electron chi connectivity index (χ2n) is 9.97. The third-order valence-electron chi connectivity index (χ3n) is 6.25. The lowest BCUT2D eigenvalue weighted by molar-refractivity contribution is -0.138. The molecule has 0 radical (unpaired) electrons. The molecule has 0 atom stereocenters. The number of nitrogens with one attached hydrogen (secondary N) is 1. The van der Waals surface area contributed by atoms with Crippen molar-refractivity contribution in [2.24, 2.45) is 10.4 Å². The molecule has 0 fully saturated rings. The number of nitriles is 1. The Labute approximate surface area is 215 Å². The van der Waals surface area contributed by atoms with Gasteiger partial charge in [0.2, 0.25) is 5.91 Å². The Balaban J connectivity index is 2.60. The van der Waals surface area contributed by atoms with E-state index >= 15 is 0 Å². The molecule has 194 valence electrons. The standard InChI is InChI=1S/C28H39N5O3/c1-8-11-12-13-16-33-25(34)21(18-29)19(4)24(26(33)35)30-22-15-14-20(32(9-2)10-3)17-23(22)31-27(36)28(5,6)7/h14-15,17H,8-13,16H2,1-7H3,(H,31,36). The van der Waals surface area contributed by atoms with Crippen LogP contribution in [0.2, 0.25) is 0 Å². The van der Waals surface area contributed by atoms with Crippen molar-refractivity contribution in [3.63, 3.8) is 0 Å². The molecule has 1 aromatic rings. The summed E-state index contributed by atoms with van der Waals surface area (Å²) in [4.78, 5) is 47.0. The quantitative estimate of drug-likeness (QED) is 0.348. The Morgan fingerprint density at radius 3 is 2.31 bits per heavy atom. The Morgan fingerprint density at radius 2 is 1.75 bits per heavy atom. The summed E-state index contributed by atoms with van der Waals surface area (Å²) >= 11 is 0. The third-order valence-corrected chi connectivity index (χ3v) is 6.25. The van der Waals surface area contributed by atoms with E-state index in [2.05, 4.69) is 36.0 Å². The number of unbranched alkanes of at least 4 members (excludes halogenated alkanes) is 3. The van der Waals surface area contributed by atoms with Gasteiger partial charge in [0.1, 0.15) is 17.4 Å². The molecule has 8 nitrogen and oxygen atoms in total. The van der Waals surface area contributed by atoms with Gasteiger partial charge in [-0.25, -0.2) is 4.99 Å². The van der Waals surface area contributed by atoms with Crippen LogP contribution in [0.1, 0.15) is 74.1 Å². The zero-order chi connectivity index (χ0) is 27.0. The largest absolute Gasteiger partial charge is 0.372 e. The van der Waals surface area contributed by atoms with Crippen molar-refractivity contribution in [2.75, 3.05) is 29.9 Å². The molecule has 0 aromatic heterocycles. The van der Waals surface area contributed by atoms with Gasteiger partial charge in [-0.1, -0.05) is 47.0 Å². The van der Waals surface area contributed by atoms with E-state index in [1.807, 2.05) is 39.0 Å². The highest BCUT2D eigenvalue weighted by atomic mass is 16.2. The maximum absolute atomic E-state index is 13.4. The van der Waals surface area contributed by atoms with Crippen LogP contribution >= 0.6 is 0 Å². The number of hydrogen-bond acceptors (Lipinski definition) is 6. The topological polar surface area (TPSA) is 106 Å². The van der Waals surface area contributed by atoms with Crippen LogP contribution in [0.3, 0.4) is 0 Å².